The van der Waals surface area contributed by atoms with E-state index in [1.54, 1.807) is 11.3 Å². The third-order valence-electron chi connectivity index (χ3n) is 3.16. The van der Waals surface area contributed by atoms with Gasteiger partial charge in [0.15, 0.2) is 0 Å². The minimum absolute atomic E-state index is 0.454. The van der Waals surface area contributed by atoms with Gasteiger partial charge in [-0.05, 0) is 60.8 Å². The minimum Gasteiger partial charge on any atom is -0.390 e. The molecule has 0 radical (unpaired) electrons. The van der Waals surface area contributed by atoms with Crippen molar-refractivity contribution in [3.05, 3.63) is 20.8 Å². The third-order valence-corrected chi connectivity index (χ3v) is 4.77. The Morgan fingerprint density at radius 1 is 1.44 bits per heavy atom. The molecule has 1 aromatic heterocycles. The highest BCUT2D eigenvalue weighted by molar-refractivity contribution is 9.11. The molecule has 0 bridgehead atoms. The van der Waals surface area contributed by atoms with Gasteiger partial charge >= 0.3 is 0 Å². The average Bonchev–Trinajstić information content (AvgIpc) is 2.52. The molecule has 1 aromatic rings. The monoisotopic (exact) mass is 303 g/mol. The molecule has 0 amide bonds. The number of aliphatic hydroxyl groups is 1. The lowest BCUT2D eigenvalue weighted by atomic mass is 9.98. The molecule has 2 heterocycles. The summed E-state index contributed by atoms with van der Waals surface area (Å²) in [4.78, 5) is 3.84. The second-order valence-electron chi connectivity index (χ2n) is 4.83. The van der Waals surface area contributed by atoms with Crippen molar-refractivity contribution in [1.82, 2.24) is 4.90 Å². The molecule has 0 saturated carbocycles. The van der Waals surface area contributed by atoms with E-state index in [0.29, 0.717) is 0 Å². The fourth-order valence-electron chi connectivity index (χ4n) is 2.13. The first kappa shape index (κ1) is 12.6. The van der Waals surface area contributed by atoms with E-state index in [1.807, 2.05) is 6.92 Å². The molecule has 0 aromatic carbocycles. The van der Waals surface area contributed by atoms with Crippen molar-refractivity contribution in [2.75, 3.05) is 13.1 Å². The Bertz CT molecular complexity index is 351. The Kier molecular flexibility index (Phi) is 4.06. The third kappa shape index (κ3) is 3.55. The smallest absolute Gasteiger partial charge is 0.0701 e. The molecule has 1 aliphatic rings. The summed E-state index contributed by atoms with van der Waals surface area (Å²) in [6.45, 7) is 5.08. The lowest BCUT2D eigenvalue weighted by Gasteiger charge is -2.21. The number of rotatable bonds is 2. The van der Waals surface area contributed by atoms with E-state index < -0.39 is 5.60 Å². The SMILES string of the molecule is CC1(O)CCCN(Cc2ccc(Br)s2)CC1. The number of likely N-dealkylation sites (tertiary alicyclic amines) is 1. The Labute approximate surface area is 109 Å². The Hall–Kier alpha value is 0.1000. The highest BCUT2D eigenvalue weighted by atomic mass is 79.9. The first-order chi connectivity index (χ1) is 7.55. The molecule has 1 fully saturated rings. The van der Waals surface area contributed by atoms with Crippen LogP contribution in [0.2, 0.25) is 0 Å². The van der Waals surface area contributed by atoms with Crippen LogP contribution >= 0.6 is 27.3 Å². The van der Waals surface area contributed by atoms with Crippen LogP contribution in [0.15, 0.2) is 15.9 Å². The molecule has 0 spiro atoms. The maximum Gasteiger partial charge on any atom is 0.0701 e. The fourth-order valence-corrected chi connectivity index (χ4v) is 3.66. The molecule has 2 nitrogen and oxygen atoms in total. The summed E-state index contributed by atoms with van der Waals surface area (Å²) < 4.78 is 1.20. The predicted octanol–water partition coefficient (Wildman–Crippen LogP) is 3.25. The minimum atomic E-state index is -0.454. The molecular weight excluding hydrogens is 286 g/mol. The van der Waals surface area contributed by atoms with Gasteiger partial charge in [-0.25, -0.2) is 0 Å². The highest BCUT2D eigenvalue weighted by Crippen LogP contribution is 2.26. The zero-order valence-corrected chi connectivity index (χ0v) is 12.0. The van der Waals surface area contributed by atoms with Crippen molar-refractivity contribution >= 4 is 27.3 Å². The van der Waals surface area contributed by atoms with Crippen LogP contribution < -0.4 is 0 Å². The summed E-state index contributed by atoms with van der Waals surface area (Å²) in [7, 11) is 0. The quantitative estimate of drug-likeness (QED) is 0.906. The number of nitrogens with zero attached hydrogens (tertiary/aromatic N) is 1. The second kappa shape index (κ2) is 5.17. The maximum atomic E-state index is 10.0. The highest BCUT2D eigenvalue weighted by Gasteiger charge is 2.24. The number of hydrogen-bond donors (Lipinski definition) is 1. The summed E-state index contributed by atoms with van der Waals surface area (Å²) in [6.07, 6.45) is 2.91. The van der Waals surface area contributed by atoms with Crippen LogP contribution in [0.1, 0.15) is 31.1 Å². The van der Waals surface area contributed by atoms with E-state index >= 15 is 0 Å². The topological polar surface area (TPSA) is 23.5 Å². The Morgan fingerprint density at radius 2 is 2.25 bits per heavy atom. The average molecular weight is 304 g/mol. The largest absolute Gasteiger partial charge is 0.390 e. The van der Waals surface area contributed by atoms with Gasteiger partial charge in [0.25, 0.3) is 0 Å². The lowest BCUT2D eigenvalue weighted by Crippen LogP contribution is -2.27. The standard InChI is InChI=1S/C12H18BrNOS/c1-12(15)5-2-7-14(8-6-12)9-10-3-4-11(13)16-10/h3-4,15H,2,5-9H2,1H3. The van der Waals surface area contributed by atoms with E-state index in [9.17, 15) is 5.11 Å². The molecule has 1 saturated heterocycles. The van der Waals surface area contributed by atoms with Crippen molar-refractivity contribution in [2.45, 2.75) is 38.3 Å². The summed E-state index contributed by atoms with van der Waals surface area (Å²) >= 11 is 5.29. The predicted molar refractivity (Wildman–Crippen MR) is 71.8 cm³/mol. The normalized spacial score (nSPS) is 27.9. The van der Waals surface area contributed by atoms with Gasteiger partial charge in [0.2, 0.25) is 0 Å². The van der Waals surface area contributed by atoms with Gasteiger partial charge in [-0.1, -0.05) is 0 Å². The number of thiophene rings is 1. The first-order valence-corrected chi connectivity index (χ1v) is 7.35. The van der Waals surface area contributed by atoms with E-state index in [2.05, 4.69) is 33.0 Å². The number of hydrogen-bond acceptors (Lipinski definition) is 3. The van der Waals surface area contributed by atoms with Crippen LogP contribution in [-0.4, -0.2) is 28.7 Å². The van der Waals surface area contributed by atoms with Gasteiger partial charge in [0.05, 0.1) is 9.39 Å². The van der Waals surface area contributed by atoms with E-state index in [4.69, 9.17) is 0 Å². The second-order valence-corrected chi connectivity index (χ2v) is 7.38. The van der Waals surface area contributed by atoms with Gasteiger partial charge < -0.3 is 5.11 Å². The molecule has 1 aliphatic heterocycles. The summed E-state index contributed by atoms with van der Waals surface area (Å²) in [6, 6.07) is 4.28. The summed E-state index contributed by atoms with van der Waals surface area (Å²) in [5.74, 6) is 0. The van der Waals surface area contributed by atoms with Crippen molar-refractivity contribution in [3.8, 4) is 0 Å². The van der Waals surface area contributed by atoms with Gasteiger partial charge in [-0.3, -0.25) is 4.90 Å². The Balaban J connectivity index is 1.91. The molecule has 0 aliphatic carbocycles. The zero-order chi connectivity index (χ0) is 11.6. The van der Waals surface area contributed by atoms with Crippen LogP contribution in [0.4, 0.5) is 0 Å². The van der Waals surface area contributed by atoms with Crippen LogP contribution in [0.25, 0.3) is 0 Å². The van der Waals surface area contributed by atoms with Crippen molar-refractivity contribution in [3.63, 3.8) is 0 Å². The van der Waals surface area contributed by atoms with Gasteiger partial charge in [0.1, 0.15) is 0 Å². The molecular formula is C12H18BrNOS. The maximum absolute atomic E-state index is 10.0. The van der Waals surface area contributed by atoms with Crippen molar-refractivity contribution in [2.24, 2.45) is 0 Å². The van der Waals surface area contributed by atoms with E-state index in [0.717, 1.165) is 38.9 Å². The van der Waals surface area contributed by atoms with Crippen LogP contribution in [-0.2, 0) is 6.54 Å². The number of halogens is 1. The molecule has 2 rings (SSSR count). The molecule has 1 N–H and O–H groups in total. The van der Waals surface area contributed by atoms with E-state index in [1.165, 1.54) is 8.66 Å². The van der Waals surface area contributed by atoms with Crippen molar-refractivity contribution < 1.29 is 5.11 Å². The van der Waals surface area contributed by atoms with Gasteiger partial charge in [-0.15, -0.1) is 11.3 Å². The van der Waals surface area contributed by atoms with Gasteiger partial charge in [0, 0.05) is 18.0 Å². The van der Waals surface area contributed by atoms with Crippen LogP contribution in [0.3, 0.4) is 0 Å². The Morgan fingerprint density at radius 3 is 2.94 bits per heavy atom. The van der Waals surface area contributed by atoms with Crippen molar-refractivity contribution in [1.29, 1.82) is 0 Å². The molecule has 16 heavy (non-hydrogen) atoms. The van der Waals surface area contributed by atoms with E-state index in [-0.39, 0.29) is 0 Å². The first-order valence-electron chi connectivity index (χ1n) is 5.74. The fraction of sp³-hybridized carbons (Fsp3) is 0.667. The van der Waals surface area contributed by atoms with Gasteiger partial charge in [-0.2, -0.15) is 0 Å². The van der Waals surface area contributed by atoms with Crippen LogP contribution in [0.5, 0.6) is 0 Å². The van der Waals surface area contributed by atoms with Crippen LogP contribution in [0, 0.1) is 0 Å². The lowest BCUT2D eigenvalue weighted by molar-refractivity contribution is 0.0444. The molecule has 1 unspecified atom stereocenters. The zero-order valence-electron chi connectivity index (χ0n) is 9.58. The molecule has 90 valence electrons. The molecule has 1 atom stereocenters. The summed E-state index contributed by atoms with van der Waals surface area (Å²) in [5, 5.41) is 10.0. The molecule has 4 heteroatoms. The summed E-state index contributed by atoms with van der Waals surface area (Å²) in [5.41, 5.74) is -0.454.